The monoisotopic (exact) mass is 480 g/mol. The minimum absolute atomic E-state index is 0. The van der Waals surface area contributed by atoms with E-state index in [1.54, 1.807) is 31.3 Å². The molecule has 9 heteroatoms. The van der Waals surface area contributed by atoms with E-state index >= 15 is 0 Å². The molecular formula is C25H26ClFN6O. The summed E-state index contributed by atoms with van der Waals surface area (Å²) >= 11 is 0. The van der Waals surface area contributed by atoms with Crippen molar-refractivity contribution in [2.24, 2.45) is 5.73 Å². The number of hydrogen-bond donors (Lipinski definition) is 1. The van der Waals surface area contributed by atoms with Gasteiger partial charge in [0.05, 0.1) is 19.3 Å². The van der Waals surface area contributed by atoms with E-state index in [9.17, 15) is 9.18 Å². The molecule has 1 saturated heterocycles. The predicted molar refractivity (Wildman–Crippen MR) is 135 cm³/mol. The zero-order valence-electron chi connectivity index (χ0n) is 18.9. The third-order valence-electron chi connectivity index (χ3n) is 6.17. The Bertz CT molecular complexity index is 1470. The maximum atomic E-state index is 14.2. The van der Waals surface area contributed by atoms with Crippen molar-refractivity contribution in [2.45, 2.75) is 38.9 Å². The van der Waals surface area contributed by atoms with Crippen molar-refractivity contribution < 1.29 is 4.39 Å². The van der Waals surface area contributed by atoms with Gasteiger partial charge in [0.1, 0.15) is 16.9 Å². The Morgan fingerprint density at radius 2 is 2.00 bits per heavy atom. The SMILES string of the molecule is CC#CCn1c(N2CCCC(N)C2)nc2cnn(Cc3ccc(F)c4ccccc34)c(=O)c21.Cl. The Kier molecular flexibility index (Phi) is 6.87. The van der Waals surface area contributed by atoms with Gasteiger partial charge >= 0.3 is 0 Å². The molecular weight excluding hydrogens is 455 g/mol. The summed E-state index contributed by atoms with van der Waals surface area (Å²) in [6.45, 7) is 3.87. The average molecular weight is 481 g/mol. The van der Waals surface area contributed by atoms with E-state index in [1.165, 1.54) is 10.7 Å². The molecule has 3 heterocycles. The molecule has 5 rings (SSSR count). The van der Waals surface area contributed by atoms with Gasteiger partial charge < -0.3 is 10.6 Å². The van der Waals surface area contributed by atoms with Crippen LogP contribution in [0.5, 0.6) is 0 Å². The van der Waals surface area contributed by atoms with E-state index in [1.807, 2.05) is 16.7 Å². The average Bonchev–Trinajstić information content (AvgIpc) is 3.20. The van der Waals surface area contributed by atoms with E-state index in [4.69, 9.17) is 10.7 Å². The molecule has 1 aliphatic heterocycles. The summed E-state index contributed by atoms with van der Waals surface area (Å²) in [4.78, 5) is 20.4. The van der Waals surface area contributed by atoms with Gasteiger partial charge in [-0.05, 0) is 36.8 Å². The molecule has 34 heavy (non-hydrogen) atoms. The fraction of sp³-hybridized carbons (Fsp3) is 0.320. The molecule has 1 atom stereocenters. The lowest BCUT2D eigenvalue weighted by atomic mass is 10.0. The number of nitrogens with zero attached hydrogens (tertiary/aromatic N) is 5. The molecule has 0 amide bonds. The van der Waals surface area contributed by atoms with E-state index < -0.39 is 0 Å². The summed E-state index contributed by atoms with van der Waals surface area (Å²) in [5.74, 6) is 6.39. The van der Waals surface area contributed by atoms with Crippen LogP contribution in [0.15, 0.2) is 47.4 Å². The third kappa shape index (κ3) is 4.25. The van der Waals surface area contributed by atoms with Gasteiger partial charge in [-0.1, -0.05) is 36.3 Å². The van der Waals surface area contributed by atoms with Crippen molar-refractivity contribution in [1.82, 2.24) is 19.3 Å². The molecule has 2 aromatic carbocycles. The number of aromatic nitrogens is 4. The number of rotatable bonds is 4. The van der Waals surface area contributed by atoms with Crippen LogP contribution < -0.4 is 16.2 Å². The topological polar surface area (TPSA) is 82.0 Å². The largest absolute Gasteiger partial charge is 0.341 e. The smallest absolute Gasteiger partial charge is 0.293 e. The van der Waals surface area contributed by atoms with Gasteiger partial charge in [0.15, 0.2) is 0 Å². The summed E-state index contributed by atoms with van der Waals surface area (Å²) in [7, 11) is 0. The summed E-state index contributed by atoms with van der Waals surface area (Å²) in [6.07, 6.45) is 3.57. The third-order valence-corrected chi connectivity index (χ3v) is 6.17. The fourth-order valence-corrected chi connectivity index (χ4v) is 4.55. The normalized spacial score (nSPS) is 15.7. The van der Waals surface area contributed by atoms with Crippen molar-refractivity contribution in [2.75, 3.05) is 18.0 Å². The van der Waals surface area contributed by atoms with Crippen molar-refractivity contribution >= 4 is 40.2 Å². The minimum atomic E-state index is -0.286. The number of halogens is 2. The zero-order valence-corrected chi connectivity index (χ0v) is 19.7. The first-order chi connectivity index (χ1) is 16.1. The maximum Gasteiger partial charge on any atom is 0.293 e. The van der Waals surface area contributed by atoms with Crippen LogP contribution in [0.25, 0.3) is 21.8 Å². The Balaban J connectivity index is 0.00000274. The highest BCUT2D eigenvalue weighted by molar-refractivity contribution is 5.86. The lowest BCUT2D eigenvalue weighted by molar-refractivity contribution is 0.496. The van der Waals surface area contributed by atoms with E-state index in [0.717, 1.165) is 30.3 Å². The number of anilines is 1. The Labute approximate surface area is 202 Å². The first-order valence-electron chi connectivity index (χ1n) is 11.1. The van der Waals surface area contributed by atoms with Crippen LogP contribution in [0.2, 0.25) is 0 Å². The molecule has 7 nitrogen and oxygen atoms in total. The van der Waals surface area contributed by atoms with Crippen LogP contribution in [-0.4, -0.2) is 38.5 Å². The lowest BCUT2D eigenvalue weighted by Crippen LogP contribution is -2.44. The number of benzene rings is 2. The van der Waals surface area contributed by atoms with Crippen LogP contribution >= 0.6 is 12.4 Å². The minimum Gasteiger partial charge on any atom is -0.341 e. The highest BCUT2D eigenvalue weighted by Crippen LogP contribution is 2.24. The molecule has 176 valence electrons. The molecule has 0 aliphatic carbocycles. The predicted octanol–water partition coefficient (Wildman–Crippen LogP) is 3.31. The number of fused-ring (bicyclic) bond motifs is 2. The van der Waals surface area contributed by atoms with Crippen molar-refractivity contribution in [3.8, 4) is 11.8 Å². The van der Waals surface area contributed by atoms with Crippen LogP contribution in [0.1, 0.15) is 25.3 Å². The number of piperidine rings is 1. The summed E-state index contributed by atoms with van der Waals surface area (Å²) < 4.78 is 17.5. The Morgan fingerprint density at radius 1 is 1.21 bits per heavy atom. The standard InChI is InChI=1S/C25H25FN6O.ClH/c1-2-3-13-31-23-22(29-25(31)30-12-6-7-18(27)16-30)14-28-32(24(23)33)15-17-10-11-21(26)20-9-5-4-8-19(17)20;/h4-5,8-11,14,18H,6-7,12-13,15-16,27H2,1H3;1H. The molecule has 1 fully saturated rings. The van der Waals surface area contributed by atoms with E-state index in [0.29, 0.717) is 35.5 Å². The summed E-state index contributed by atoms with van der Waals surface area (Å²) in [6, 6.07) is 10.5. The highest BCUT2D eigenvalue weighted by Gasteiger charge is 2.24. The first-order valence-corrected chi connectivity index (χ1v) is 11.1. The molecule has 1 aliphatic rings. The van der Waals surface area contributed by atoms with Crippen molar-refractivity contribution in [3.05, 3.63) is 64.3 Å². The van der Waals surface area contributed by atoms with Crippen LogP contribution in [0.3, 0.4) is 0 Å². The number of imidazole rings is 1. The number of nitrogens with two attached hydrogens (primary N) is 1. The van der Waals surface area contributed by atoms with Crippen molar-refractivity contribution in [1.29, 1.82) is 0 Å². The maximum absolute atomic E-state index is 14.2. The molecule has 4 aromatic rings. The van der Waals surface area contributed by atoms with Gasteiger partial charge in [-0.25, -0.2) is 14.1 Å². The zero-order chi connectivity index (χ0) is 22.9. The molecule has 0 saturated carbocycles. The van der Waals surface area contributed by atoms with Gasteiger partial charge in [0.25, 0.3) is 5.56 Å². The molecule has 1 unspecified atom stereocenters. The van der Waals surface area contributed by atoms with Crippen LogP contribution in [0.4, 0.5) is 10.3 Å². The molecule has 2 aromatic heterocycles. The van der Waals surface area contributed by atoms with Crippen molar-refractivity contribution in [3.63, 3.8) is 0 Å². The van der Waals surface area contributed by atoms with Gasteiger partial charge in [-0.15, -0.1) is 18.3 Å². The van der Waals surface area contributed by atoms with Gasteiger partial charge in [0.2, 0.25) is 5.95 Å². The highest BCUT2D eigenvalue weighted by atomic mass is 35.5. The molecule has 0 bridgehead atoms. The van der Waals surface area contributed by atoms with E-state index in [2.05, 4.69) is 21.8 Å². The summed E-state index contributed by atoms with van der Waals surface area (Å²) in [5.41, 5.74) is 7.76. The second kappa shape index (κ2) is 9.84. The first kappa shape index (κ1) is 23.7. The van der Waals surface area contributed by atoms with Gasteiger partial charge in [-0.3, -0.25) is 9.36 Å². The molecule has 0 spiro atoms. The second-order valence-corrected chi connectivity index (χ2v) is 8.37. The van der Waals surface area contributed by atoms with Gasteiger partial charge in [0, 0.05) is 24.5 Å². The van der Waals surface area contributed by atoms with Crippen LogP contribution in [-0.2, 0) is 13.1 Å². The molecule has 2 N–H and O–H groups in total. The van der Waals surface area contributed by atoms with Gasteiger partial charge in [-0.2, -0.15) is 5.10 Å². The van der Waals surface area contributed by atoms with E-state index in [-0.39, 0.29) is 36.4 Å². The fourth-order valence-electron chi connectivity index (χ4n) is 4.55. The summed E-state index contributed by atoms with van der Waals surface area (Å²) in [5, 5.41) is 5.67. The Morgan fingerprint density at radius 3 is 2.76 bits per heavy atom. The second-order valence-electron chi connectivity index (χ2n) is 8.37. The lowest BCUT2D eigenvalue weighted by Gasteiger charge is -2.31. The molecule has 0 radical (unpaired) electrons. The Hall–Kier alpha value is -3.41. The quantitative estimate of drug-likeness (QED) is 0.453. The van der Waals surface area contributed by atoms with Crippen LogP contribution in [0, 0.1) is 17.7 Å². The number of hydrogen-bond acceptors (Lipinski definition) is 5.